The van der Waals surface area contributed by atoms with Crippen molar-refractivity contribution >= 4 is 5.82 Å². The van der Waals surface area contributed by atoms with Crippen LogP contribution in [0.4, 0.5) is 10.2 Å². The quantitative estimate of drug-likeness (QED) is 0.815. The maximum absolute atomic E-state index is 13.9. The van der Waals surface area contributed by atoms with Crippen LogP contribution in [0.3, 0.4) is 0 Å². The molecular weight excluding hydrogens is 321 g/mol. The number of nitrogens with zero attached hydrogens (tertiary/aromatic N) is 2. The minimum Gasteiger partial charge on any atom is -0.497 e. The summed E-state index contributed by atoms with van der Waals surface area (Å²) in [6.45, 7) is 1.04. The number of hydrogen-bond donors (Lipinski definition) is 1. The van der Waals surface area contributed by atoms with Crippen molar-refractivity contribution in [2.75, 3.05) is 19.0 Å². The van der Waals surface area contributed by atoms with E-state index < -0.39 is 5.82 Å². The van der Waals surface area contributed by atoms with Gasteiger partial charge in [0.05, 0.1) is 13.3 Å². The Morgan fingerprint density at radius 1 is 1.24 bits per heavy atom. The summed E-state index contributed by atoms with van der Waals surface area (Å²) in [7, 11) is 1.62. The fourth-order valence-corrected chi connectivity index (χ4v) is 3.09. The molecule has 6 heteroatoms. The van der Waals surface area contributed by atoms with E-state index in [0.29, 0.717) is 12.5 Å². The van der Waals surface area contributed by atoms with E-state index in [4.69, 9.17) is 9.47 Å². The Balaban J connectivity index is 1.58. The van der Waals surface area contributed by atoms with Crippen LogP contribution in [0.25, 0.3) is 0 Å². The third-order valence-electron chi connectivity index (χ3n) is 4.51. The van der Waals surface area contributed by atoms with Gasteiger partial charge in [-0.25, -0.2) is 9.37 Å². The van der Waals surface area contributed by atoms with Crippen molar-refractivity contribution in [3.63, 3.8) is 0 Å². The Bertz CT molecular complexity index is 690. The van der Waals surface area contributed by atoms with Gasteiger partial charge in [-0.1, -0.05) is 31.4 Å². The topological polar surface area (TPSA) is 56.3 Å². The summed E-state index contributed by atoms with van der Waals surface area (Å²) < 4.78 is 24.7. The zero-order valence-electron chi connectivity index (χ0n) is 14.5. The van der Waals surface area contributed by atoms with Crippen LogP contribution < -0.4 is 14.8 Å². The molecule has 0 atom stereocenters. The summed E-state index contributed by atoms with van der Waals surface area (Å²) in [4.78, 5) is 8.08. The third-order valence-corrected chi connectivity index (χ3v) is 4.51. The number of aromatic nitrogens is 2. The van der Waals surface area contributed by atoms with Crippen molar-refractivity contribution in [2.24, 2.45) is 5.92 Å². The lowest BCUT2D eigenvalue weighted by atomic mass is 9.89. The fraction of sp³-hybridized carbons (Fsp3) is 0.474. The zero-order chi connectivity index (χ0) is 17.5. The van der Waals surface area contributed by atoms with Gasteiger partial charge in [-0.2, -0.15) is 4.98 Å². The van der Waals surface area contributed by atoms with Crippen LogP contribution in [0.2, 0.25) is 0 Å². The van der Waals surface area contributed by atoms with Crippen LogP contribution in [-0.4, -0.2) is 23.6 Å². The van der Waals surface area contributed by atoms with Crippen molar-refractivity contribution in [1.82, 2.24) is 9.97 Å². The van der Waals surface area contributed by atoms with Crippen LogP contribution in [0.15, 0.2) is 30.5 Å². The number of nitrogens with one attached hydrogen (secondary N) is 1. The molecule has 1 N–H and O–H groups in total. The van der Waals surface area contributed by atoms with Crippen LogP contribution >= 0.6 is 0 Å². The van der Waals surface area contributed by atoms with Gasteiger partial charge in [0.15, 0.2) is 11.6 Å². The number of rotatable bonds is 7. The Kier molecular flexibility index (Phi) is 6.04. The fourth-order valence-electron chi connectivity index (χ4n) is 3.09. The van der Waals surface area contributed by atoms with E-state index in [0.717, 1.165) is 24.1 Å². The molecule has 2 aromatic rings. The van der Waals surface area contributed by atoms with Gasteiger partial charge in [-0.05, 0) is 36.5 Å². The monoisotopic (exact) mass is 345 g/mol. The Hall–Kier alpha value is -2.37. The molecule has 0 amide bonds. The molecule has 0 saturated heterocycles. The first kappa shape index (κ1) is 17.5. The molecule has 1 aliphatic carbocycles. The minimum atomic E-state index is -0.454. The minimum absolute atomic E-state index is 0.162. The highest BCUT2D eigenvalue weighted by Crippen LogP contribution is 2.24. The lowest BCUT2D eigenvalue weighted by molar-refractivity contribution is 0.279. The molecule has 1 fully saturated rings. The summed E-state index contributed by atoms with van der Waals surface area (Å²) >= 11 is 0. The second-order valence-electron chi connectivity index (χ2n) is 6.37. The highest BCUT2D eigenvalue weighted by atomic mass is 19.1. The SMILES string of the molecule is COc1cccc(COc2ncc(F)c(NCC3CCCCC3)n2)c1. The molecule has 1 aliphatic rings. The third kappa shape index (κ3) is 5.05. The summed E-state index contributed by atoms with van der Waals surface area (Å²) in [5.74, 6) is 1.10. The molecule has 0 spiro atoms. The summed E-state index contributed by atoms with van der Waals surface area (Å²) in [6, 6.07) is 7.72. The van der Waals surface area contributed by atoms with E-state index in [1.54, 1.807) is 7.11 Å². The largest absolute Gasteiger partial charge is 0.497 e. The van der Waals surface area contributed by atoms with E-state index in [1.165, 1.54) is 32.1 Å². The molecule has 0 aliphatic heterocycles. The Morgan fingerprint density at radius 2 is 2.08 bits per heavy atom. The molecule has 5 nitrogen and oxygen atoms in total. The van der Waals surface area contributed by atoms with Gasteiger partial charge in [0, 0.05) is 6.54 Å². The van der Waals surface area contributed by atoms with Gasteiger partial charge in [0.2, 0.25) is 0 Å². The molecule has 3 rings (SSSR count). The molecule has 0 unspecified atom stereocenters. The summed E-state index contributed by atoms with van der Waals surface area (Å²) in [5, 5.41) is 3.11. The van der Waals surface area contributed by atoms with E-state index >= 15 is 0 Å². The first-order valence-corrected chi connectivity index (χ1v) is 8.77. The highest BCUT2D eigenvalue weighted by Gasteiger charge is 2.15. The van der Waals surface area contributed by atoms with Gasteiger partial charge in [-0.3, -0.25) is 0 Å². The number of hydrogen-bond acceptors (Lipinski definition) is 5. The number of anilines is 1. The smallest absolute Gasteiger partial charge is 0.318 e. The number of halogens is 1. The molecular formula is C19H24FN3O2. The van der Waals surface area contributed by atoms with Crippen LogP contribution in [-0.2, 0) is 6.61 Å². The summed E-state index contributed by atoms with van der Waals surface area (Å²) in [6.07, 6.45) is 7.36. The van der Waals surface area contributed by atoms with Crippen LogP contribution in [0.1, 0.15) is 37.7 Å². The van der Waals surface area contributed by atoms with E-state index in [9.17, 15) is 4.39 Å². The average Bonchev–Trinajstić information content (AvgIpc) is 2.67. The van der Waals surface area contributed by atoms with E-state index in [2.05, 4.69) is 15.3 Å². The van der Waals surface area contributed by atoms with Gasteiger partial charge in [-0.15, -0.1) is 0 Å². The first-order chi connectivity index (χ1) is 12.2. The second kappa shape index (κ2) is 8.65. The second-order valence-corrected chi connectivity index (χ2v) is 6.37. The number of benzene rings is 1. The van der Waals surface area contributed by atoms with Crippen LogP contribution in [0, 0.1) is 11.7 Å². The molecule has 0 radical (unpaired) electrons. The summed E-state index contributed by atoms with van der Waals surface area (Å²) in [5.41, 5.74) is 0.934. The molecule has 25 heavy (non-hydrogen) atoms. The first-order valence-electron chi connectivity index (χ1n) is 8.77. The normalized spacial score (nSPS) is 15.0. The predicted octanol–water partition coefficient (Wildman–Crippen LogP) is 4.20. The van der Waals surface area contributed by atoms with Crippen molar-refractivity contribution in [3.8, 4) is 11.8 Å². The Labute approximate surface area is 147 Å². The van der Waals surface area contributed by atoms with Crippen molar-refractivity contribution in [2.45, 2.75) is 38.7 Å². The molecule has 1 aromatic carbocycles. The maximum atomic E-state index is 13.9. The van der Waals surface area contributed by atoms with Gasteiger partial charge in [0.1, 0.15) is 12.4 Å². The molecule has 1 aromatic heterocycles. The Morgan fingerprint density at radius 3 is 2.88 bits per heavy atom. The van der Waals surface area contributed by atoms with Gasteiger partial charge >= 0.3 is 6.01 Å². The van der Waals surface area contributed by atoms with Crippen molar-refractivity contribution in [3.05, 3.63) is 41.8 Å². The molecule has 1 heterocycles. The molecule has 1 saturated carbocycles. The van der Waals surface area contributed by atoms with Gasteiger partial charge in [0.25, 0.3) is 0 Å². The molecule has 0 bridgehead atoms. The van der Waals surface area contributed by atoms with Gasteiger partial charge < -0.3 is 14.8 Å². The van der Waals surface area contributed by atoms with E-state index in [-0.39, 0.29) is 11.8 Å². The number of methoxy groups -OCH3 is 1. The number of ether oxygens (including phenoxy) is 2. The maximum Gasteiger partial charge on any atom is 0.318 e. The van der Waals surface area contributed by atoms with E-state index in [1.807, 2.05) is 24.3 Å². The van der Waals surface area contributed by atoms with Crippen LogP contribution in [0.5, 0.6) is 11.8 Å². The average molecular weight is 345 g/mol. The van der Waals surface area contributed by atoms with Crippen molar-refractivity contribution in [1.29, 1.82) is 0 Å². The van der Waals surface area contributed by atoms with Crippen molar-refractivity contribution < 1.29 is 13.9 Å². The lowest BCUT2D eigenvalue weighted by Crippen LogP contribution is -2.18. The molecule has 134 valence electrons. The standard InChI is InChI=1S/C19H24FN3O2/c1-24-16-9-5-8-15(10-16)13-25-19-22-12-17(20)18(23-19)21-11-14-6-3-2-4-7-14/h5,8-10,12,14H,2-4,6-7,11,13H2,1H3,(H,21,22,23). The zero-order valence-corrected chi connectivity index (χ0v) is 14.5. The highest BCUT2D eigenvalue weighted by molar-refractivity contribution is 5.36. The predicted molar refractivity (Wildman–Crippen MR) is 94.4 cm³/mol. The lowest BCUT2D eigenvalue weighted by Gasteiger charge is -2.22.